The third-order valence-corrected chi connectivity index (χ3v) is 3.91. The number of anilines is 1. The molecule has 0 aliphatic carbocycles. The Bertz CT molecular complexity index is 921. The van der Waals surface area contributed by atoms with Crippen molar-refractivity contribution in [1.29, 1.82) is 5.26 Å². The number of ether oxygens (including phenoxy) is 1. The summed E-state index contributed by atoms with van der Waals surface area (Å²) in [5, 5.41) is 11.5. The summed E-state index contributed by atoms with van der Waals surface area (Å²) in [6.07, 6.45) is -1.06. The van der Waals surface area contributed by atoms with Gasteiger partial charge >= 0.3 is 5.97 Å². The number of carbonyl (C=O) groups is 3. The maximum Gasteiger partial charge on any atom is 0.355 e. The van der Waals surface area contributed by atoms with Crippen LogP contribution in [-0.4, -0.2) is 28.7 Å². The van der Waals surface area contributed by atoms with E-state index in [1.54, 1.807) is 32.0 Å². The Labute approximate surface area is 151 Å². The van der Waals surface area contributed by atoms with Crippen LogP contribution in [0.3, 0.4) is 0 Å². The van der Waals surface area contributed by atoms with E-state index in [-0.39, 0.29) is 11.5 Å². The average molecular weight is 353 g/mol. The van der Waals surface area contributed by atoms with E-state index in [4.69, 9.17) is 10.00 Å². The molecule has 0 radical (unpaired) electrons. The van der Waals surface area contributed by atoms with Gasteiger partial charge in [0.05, 0.1) is 11.6 Å². The molecule has 1 amide bonds. The molecule has 0 bridgehead atoms. The van der Waals surface area contributed by atoms with Crippen molar-refractivity contribution in [3.8, 4) is 6.07 Å². The van der Waals surface area contributed by atoms with Crippen LogP contribution in [0.2, 0.25) is 0 Å². The summed E-state index contributed by atoms with van der Waals surface area (Å²) in [5.74, 6) is -1.40. The van der Waals surface area contributed by atoms with Gasteiger partial charge in [0.2, 0.25) is 0 Å². The number of aryl methyl sites for hydroxylation is 1. The quantitative estimate of drug-likeness (QED) is 0.634. The molecular formula is C19H19N3O4. The number of aromatic nitrogens is 1. The maximum atomic E-state index is 12.3. The predicted octanol–water partition coefficient (Wildman–Crippen LogP) is 2.89. The largest absolute Gasteiger partial charge is 0.448 e. The lowest BCUT2D eigenvalue weighted by atomic mass is 10.1. The second kappa shape index (κ2) is 7.66. The Morgan fingerprint density at radius 3 is 2.54 bits per heavy atom. The van der Waals surface area contributed by atoms with Crippen molar-refractivity contribution in [2.24, 2.45) is 0 Å². The van der Waals surface area contributed by atoms with Crippen LogP contribution in [0.4, 0.5) is 5.69 Å². The summed E-state index contributed by atoms with van der Waals surface area (Å²) < 4.78 is 5.20. The lowest BCUT2D eigenvalue weighted by Gasteiger charge is -2.13. The molecule has 0 saturated heterocycles. The van der Waals surface area contributed by atoms with Gasteiger partial charge in [-0.15, -0.1) is 0 Å². The summed E-state index contributed by atoms with van der Waals surface area (Å²) >= 11 is 0. The van der Waals surface area contributed by atoms with Gasteiger partial charge in [-0.3, -0.25) is 9.59 Å². The van der Waals surface area contributed by atoms with Gasteiger partial charge < -0.3 is 15.0 Å². The van der Waals surface area contributed by atoms with Crippen LogP contribution >= 0.6 is 0 Å². The van der Waals surface area contributed by atoms with Gasteiger partial charge in [0, 0.05) is 16.9 Å². The van der Waals surface area contributed by atoms with E-state index in [9.17, 15) is 14.4 Å². The molecule has 2 rings (SSSR count). The molecule has 1 aromatic carbocycles. The van der Waals surface area contributed by atoms with Crippen molar-refractivity contribution in [2.75, 3.05) is 5.32 Å². The summed E-state index contributed by atoms with van der Waals surface area (Å²) in [4.78, 5) is 39.0. The predicted molar refractivity (Wildman–Crippen MR) is 94.9 cm³/mol. The first-order valence-corrected chi connectivity index (χ1v) is 7.96. The van der Waals surface area contributed by atoms with E-state index in [1.165, 1.54) is 19.9 Å². The molecule has 1 aromatic heterocycles. The van der Waals surface area contributed by atoms with Crippen molar-refractivity contribution in [1.82, 2.24) is 4.98 Å². The number of benzene rings is 1. The van der Waals surface area contributed by atoms with Crippen LogP contribution < -0.4 is 5.32 Å². The normalized spacial score (nSPS) is 11.3. The first-order valence-electron chi connectivity index (χ1n) is 7.96. The highest BCUT2D eigenvalue weighted by Crippen LogP contribution is 2.20. The number of H-pyrrole nitrogens is 1. The van der Waals surface area contributed by atoms with Gasteiger partial charge in [0.25, 0.3) is 5.91 Å². The average Bonchev–Trinajstić information content (AvgIpc) is 2.89. The molecule has 2 aromatic rings. The van der Waals surface area contributed by atoms with Crippen LogP contribution in [-0.2, 0) is 9.53 Å². The van der Waals surface area contributed by atoms with Gasteiger partial charge in [-0.05, 0) is 51.5 Å². The first kappa shape index (κ1) is 18.9. The van der Waals surface area contributed by atoms with Crippen molar-refractivity contribution >= 4 is 23.3 Å². The zero-order chi connectivity index (χ0) is 19.4. The Balaban J connectivity index is 2.09. The Morgan fingerprint density at radius 1 is 1.27 bits per heavy atom. The second-order valence-corrected chi connectivity index (χ2v) is 5.91. The number of aromatic amines is 1. The smallest absolute Gasteiger partial charge is 0.355 e. The molecule has 0 saturated carbocycles. The Kier molecular flexibility index (Phi) is 5.58. The minimum absolute atomic E-state index is 0.152. The number of nitriles is 1. The highest BCUT2D eigenvalue weighted by atomic mass is 16.5. The van der Waals surface area contributed by atoms with Crippen LogP contribution in [0.15, 0.2) is 24.3 Å². The van der Waals surface area contributed by atoms with Crippen LogP contribution in [0, 0.1) is 25.2 Å². The number of ketones is 1. The molecule has 7 nitrogen and oxygen atoms in total. The Hall–Kier alpha value is -3.40. The topological polar surface area (TPSA) is 112 Å². The first-order chi connectivity index (χ1) is 12.2. The van der Waals surface area contributed by atoms with E-state index in [2.05, 4.69) is 10.3 Å². The fourth-order valence-corrected chi connectivity index (χ4v) is 2.67. The number of nitrogens with one attached hydrogen (secondary N) is 2. The number of hydrogen-bond acceptors (Lipinski definition) is 5. The van der Waals surface area contributed by atoms with Gasteiger partial charge in [0.1, 0.15) is 5.69 Å². The molecule has 134 valence electrons. The van der Waals surface area contributed by atoms with E-state index in [1.807, 2.05) is 6.07 Å². The van der Waals surface area contributed by atoms with Crippen LogP contribution in [0.5, 0.6) is 0 Å². The van der Waals surface area contributed by atoms with E-state index >= 15 is 0 Å². The van der Waals surface area contributed by atoms with Crippen molar-refractivity contribution in [3.63, 3.8) is 0 Å². The third-order valence-electron chi connectivity index (χ3n) is 3.91. The fourth-order valence-electron chi connectivity index (χ4n) is 2.67. The van der Waals surface area contributed by atoms with Crippen LogP contribution in [0.25, 0.3) is 0 Å². The molecule has 0 aliphatic rings. The molecule has 0 fully saturated rings. The number of Topliss-reactive ketones (excluding diaryl/α,β-unsaturated/α-hetero) is 1. The minimum Gasteiger partial charge on any atom is -0.448 e. The van der Waals surface area contributed by atoms with Gasteiger partial charge in [-0.2, -0.15) is 5.26 Å². The second-order valence-electron chi connectivity index (χ2n) is 5.91. The standard InChI is InChI=1S/C19H19N3O4/c1-10-16(12(3)23)11(2)21-17(10)19(25)26-13(4)18(24)22-15-7-5-6-14(8-15)9-20/h5-8,13,21H,1-4H3,(H,22,24). The lowest BCUT2D eigenvalue weighted by Crippen LogP contribution is -2.30. The zero-order valence-corrected chi connectivity index (χ0v) is 15.0. The highest BCUT2D eigenvalue weighted by molar-refractivity contribution is 6.02. The summed E-state index contributed by atoms with van der Waals surface area (Å²) in [6, 6.07) is 8.38. The van der Waals surface area contributed by atoms with Crippen LogP contribution in [0.1, 0.15) is 51.5 Å². The monoisotopic (exact) mass is 353 g/mol. The zero-order valence-electron chi connectivity index (χ0n) is 15.0. The molecule has 2 N–H and O–H groups in total. The van der Waals surface area contributed by atoms with Crippen molar-refractivity contribution in [2.45, 2.75) is 33.8 Å². The molecule has 0 aliphatic heterocycles. The van der Waals surface area contributed by atoms with E-state index < -0.39 is 18.0 Å². The number of amides is 1. The van der Waals surface area contributed by atoms with Gasteiger partial charge in [-0.25, -0.2) is 4.79 Å². The summed E-state index contributed by atoms with van der Waals surface area (Å²) in [6.45, 7) is 6.20. The molecule has 1 unspecified atom stereocenters. The Morgan fingerprint density at radius 2 is 1.96 bits per heavy atom. The number of nitrogens with zero attached hydrogens (tertiary/aromatic N) is 1. The lowest BCUT2D eigenvalue weighted by molar-refractivity contribution is -0.123. The SMILES string of the molecule is CC(=O)c1c(C)[nH]c(C(=O)OC(C)C(=O)Nc2cccc(C#N)c2)c1C. The number of carbonyl (C=O) groups excluding carboxylic acids is 3. The van der Waals surface area contributed by atoms with Gasteiger partial charge in [0.15, 0.2) is 11.9 Å². The van der Waals surface area contributed by atoms with E-state index in [0.29, 0.717) is 28.1 Å². The highest BCUT2D eigenvalue weighted by Gasteiger charge is 2.24. The maximum absolute atomic E-state index is 12.3. The number of esters is 1. The minimum atomic E-state index is -1.06. The van der Waals surface area contributed by atoms with Crippen molar-refractivity contribution < 1.29 is 19.1 Å². The molecule has 26 heavy (non-hydrogen) atoms. The molecule has 1 heterocycles. The summed E-state index contributed by atoms with van der Waals surface area (Å²) in [7, 11) is 0. The third kappa shape index (κ3) is 3.98. The fraction of sp³-hybridized carbons (Fsp3) is 0.263. The summed E-state index contributed by atoms with van der Waals surface area (Å²) in [5.41, 5.74) is 2.51. The number of rotatable bonds is 5. The number of hydrogen-bond donors (Lipinski definition) is 2. The molecule has 0 spiro atoms. The molecular weight excluding hydrogens is 334 g/mol. The van der Waals surface area contributed by atoms with Crippen molar-refractivity contribution in [3.05, 3.63) is 52.3 Å². The van der Waals surface area contributed by atoms with E-state index in [0.717, 1.165) is 0 Å². The molecule has 1 atom stereocenters. The molecule has 7 heteroatoms. The van der Waals surface area contributed by atoms with Gasteiger partial charge in [-0.1, -0.05) is 6.07 Å².